The van der Waals surface area contributed by atoms with E-state index in [1.165, 1.54) is 31.2 Å². The second kappa shape index (κ2) is 9.97. The van der Waals surface area contributed by atoms with Gasteiger partial charge in [-0.05, 0) is 62.0 Å². The van der Waals surface area contributed by atoms with Gasteiger partial charge in [-0.25, -0.2) is 13.6 Å². The highest BCUT2D eigenvalue weighted by Gasteiger charge is 2.78. The van der Waals surface area contributed by atoms with Crippen LogP contribution in [-0.4, -0.2) is 63.3 Å². The van der Waals surface area contributed by atoms with E-state index in [0.717, 1.165) is 29.2 Å². The van der Waals surface area contributed by atoms with Crippen LogP contribution in [0.1, 0.15) is 56.1 Å². The van der Waals surface area contributed by atoms with E-state index in [4.69, 9.17) is 21.1 Å². The Morgan fingerprint density at radius 3 is 2.60 bits per heavy atom. The van der Waals surface area contributed by atoms with Crippen molar-refractivity contribution in [3.8, 4) is 0 Å². The number of carbonyl (C=O) groups excluding carboxylic acids is 4. The van der Waals surface area contributed by atoms with E-state index in [1.807, 2.05) is 0 Å². The van der Waals surface area contributed by atoms with Crippen LogP contribution in [-0.2, 0) is 23.9 Å². The van der Waals surface area contributed by atoms with Gasteiger partial charge >= 0.3 is 11.9 Å². The fraction of sp³-hybridized carbons (Fsp3) is 0.600. The molecule has 6 rings (SSSR count). The van der Waals surface area contributed by atoms with Gasteiger partial charge in [0.1, 0.15) is 16.3 Å². The first-order valence-corrected chi connectivity index (χ1v) is 16.1. The van der Waals surface area contributed by atoms with Crippen molar-refractivity contribution in [2.24, 2.45) is 28.6 Å². The number of halogens is 3. The third-order valence-corrected chi connectivity index (χ3v) is 13.1. The predicted molar refractivity (Wildman–Crippen MR) is 153 cm³/mol. The van der Waals surface area contributed by atoms with Crippen molar-refractivity contribution < 1.29 is 42.5 Å². The molecule has 0 bridgehead atoms. The molecule has 1 aromatic rings. The monoisotopic (exact) mass is 640 g/mol. The first-order chi connectivity index (χ1) is 19.7. The average Bonchev–Trinajstić information content (AvgIpc) is 3.60. The van der Waals surface area contributed by atoms with E-state index in [1.54, 1.807) is 13.8 Å². The van der Waals surface area contributed by atoms with Gasteiger partial charge in [-0.1, -0.05) is 43.3 Å². The van der Waals surface area contributed by atoms with E-state index in [-0.39, 0.29) is 36.3 Å². The summed E-state index contributed by atoms with van der Waals surface area (Å²) in [7, 11) is 0. The Morgan fingerprint density at radius 2 is 1.95 bits per heavy atom. The molecule has 4 fully saturated rings. The summed E-state index contributed by atoms with van der Waals surface area (Å²) in [5, 5.41) is 10.3. The lowest BCUT2D eigenvalue weighted by molar-refractivity contribution is -0.221. The Kier molecular flexibility index (Phi) is 7.11. The molecule has 0 aromatic carbocycles. The molecule has 10 atom stereocenters. The Hall–Kier alpha value is -2.08. The number of fused-ring (bicyclic) bond motifs is 5. The van der Waals surface area contributed by atoms with Crippen molar-refractivity contribution in [3.63, 3.8) is 0 Å². The maximum Gasteiger partial charge on any atom is 0.349 e. The fourth-order valence-corrected chi connectivity index (χ4v) is 10.8. The third-order valence-electron chi connectivity index (χ3n) is 10.6. The molecule has 0 unspecified atom stereocenters. The zero-order valence-corrected chi connectivity index (χ0v) is 25.6. The number of esters is 2. The Morgan fingerprint density at radius 1 is 1.21 bits per heavy atom. The number of hydrogen-bond donors (Lipinski definition) is 1. The van der Waals surface area contributed by atoms with Crippen LogP contribution in [0.5, 0.6) is 0 Å². The number of aliphatic hydroxyl groups is 1. The molecule has 1 aromatic heterocycles. The summed E-state index contributed by atoms with van der Waals surface area (Å²) in [5.74, 6) is -4.18. The third kappa shape index (κ3) is 3.91. The molecule has 4 aliphatic carbocycles. The summed E-state index contributed by atoms with van der Waals surface area (Å²) in [6, 6.07) is 3.01. The molecule has 0 amide bonds. The molecule has 42 heavy (non-hydrogen) atoms. The van der Waals surface area contributed by atoms with Crippen LogP contribution in [0.2, 0.25) is 4.34 Å². The molecule has 1 saturated heterocycles. The number of carbonyl (C=O) groups is 4. The molecule has 7 nitrogen and oxygen atoms in total. The quantitative estimate of drug-likeness (QED) is 0.434. The van der Waals surface area contributed by atoms with E-state index in [2.05, 4.69) is 0 Å². The molecule has 0 spiro atoms. The van der Waals surface area contributed by atoms with Gasteiger partial charge in [0, 0.05) is 29.1 Å². The minimum Gasteiger partial charge on any atom is -0.465 e. The number of allylic oxidation sites excluding steroid dienone is 4. The summed E-state index contributed by atoms with van der Waals surface area (Å²) < 4.78 is 45.1. The van der Waals surface area contributed by atoms with Gasteiger partial charge in [0.2, 0.25) is 5.12 Å². The second-order valence-corrected chi connectivity index (χ2v) is 15.5. The molecule has 1 aliphatic heterocycles. The maximum absolute atomic E-state index is 17.6. The van der Waals surface area contributed by atoms with Gasteiger partial charge in [0.15, 0.2) is 17.1 Å². The van der Waals surface area contributed by atoms with Crippen LogP contribution in [0.25, 0.3) is 0 Å². The van der Waals surface area contributed by atoms with E-state index in [9.17, 15) is 24.3 Å². The maximum atomic E-state index is 17.6. The highest BCUT2D eigenvalue weighted by molar-refractivity contribution is 8.14. The van der Waals surface area contributed by atoms with Gasteiger partial charge in [-0.15, -0.1) is 11.3 Å². The number of ether oxygens (including phenoxy) is 2. The number of aliphatic hydroxyl groups excluding tert-OH is 1. The number of alkyl halides is 2. The lowest BCUT2D eigenvalue weighted by Crippen LogP contribution is -2.70. The van der Waals surface area contributed by atoms with Crippen LogP contribution < -0.4 is 0 Å². The summed E-state index contributed by atoms with van der Waals surface area (Å²) in [4.78, 5) is 52.6. The number of ketones is 1. The van der Waals surface area contributed by atoms with Gasteiger partial charge in [0.25, 0.3) is 0 Å². The highest BCUT2D eigenvalue weighted by Crippen LogP contribution is 2.72. The van der Waals surface area contributed by atoms with Crippen molar-refractivity contribution >= 4 is 57.5 Å². The largest absolute Gasteiger partial charge is 0.465 e. The summed E-state index contributed by atoms with van der Waals surface area (Å²) in [6.07, 6.45) is 0.298. The van der Waals surface area contributed by atoms with Crippen LogP contribution in [0, 0.1) is 28.6 Å². The molecule has 1 N–H and O–H groups in total. The molecule has 5 aliphatic rings. The number of cyclic esters (lactones) is 1. The first-order valence-electron chi connectivity index (χ1n) is 14.0. The fourth-order valence-electron chi connectivity index (χ4n) is 8.64. The lowest BCUT2D eigenvalue weighted by Gasteiger charge is -2.63. The van der Waals surface area contributed by atoms with E-state index >= 15 is 8.78 Å². The number of hydrogen-bond acceptors (Lipinski definition) is 9. The minimum atomic E-state index is -2.35. The zero-order valence-electron chi connectivity index (χ0n) is 23.2. The molecule has 12 heteroatoms. The topological polar surface area (TPSA) is 107 Å². The molecular formula is C30H31ClF2O7S2. The van der Waals surface area contributed by atoms with Gasteiger partial charge in [-0.3, -0.25) is 14.4 Å². The van der Waals surface area contributed by atoms with Crippen molar-refractivity contribution in [3.05, 3.63) is 45.1 Å². The standard InChI is InChI=1S/C30H31ClF2O7S2/c1-14-10-16-17-12-19(32)18-11-15(34)6-8-27(18,2)29(17,33)22(35)13-28(16,3)30(14,26(38)42-21-7-9-39-24(21)36)40-25(37)20-4-5-23(31)41-20/h4-6,8,11,14,16-17,19,21-22,35H,7,9-10,12-13H2,1-3H3/t14-,16+,17+,19+,21+,22+,27+,28+,29+,30+/m1/s1. The summed E-state index contributed by atoms with van der Waals surface area (Å²) >= 11 is 7.78. The van der Waals surface area contributed by atoms with E-state index in [0.29, 0.717) is 10.8 Å². The normalized spacial score (nSPS) is 44.1. The molecule has 0 radical (unpaired) electrons. The van der Waals surface area contributed by atoms with Crippen molar-refractivity contribution in [1.29, 1.82) is 0 Å². The zero-order chi connectivity index (χ0) is 30.4. The van der Waals surface area contributed by atoms with Crippen molar-refractivity contribution in [2.45, 2.75) is 75.2 Å². The van der Waals surface area contributed by atoms with Gasteiger partial charge in [0.05, 0.1) is 17.0 Å². The second-order valence-electron chi connectivity index (χ2n) is 12.6. The van der Waals surface area contributed by atoms with Crippen LogP contribution in [0.15, 0.2) is 35.9 Å². The Labute approximate surface area is 255 Å². The Balaban J connectivity index is 1.46. The highest BCUT2D eigenvalue weighted by atomic mass is 35.5. The lowest BCUT2D eigenvalue weighted by atomic mass is 9.44. The molecule has 2 heterocycles. The number of rotatable bonds is 4. The molecular weight excluding hydrogens is 610 g/mol. The minimum absolute atomic E-state index is 0.00101. The van der Waals surface area contributed by atoms with Crippen LogP contribution >= 0.6 is 34.7 Å². The van der Waals surface area contributed by atoms with Gasteiger partial charge < -0.3 is 14.6 Å². The summed E-state index contributed by atoms with van der Waals surface area (Å²) in [5.41, 5.74) is -7.13. The van der Waals surface area contributed by atoms with Crippen LogP contribution in [0.3, 0.4) is 0 Å². The molecule has 3 saturated carbocycles. The number of thioether (sulfide) groups is 1. The van der Waals surface area contributed by atoms with Crippen molar-refractivity contribution in [1.82, 2.24) is 0 Å². The van der Waals surface area contributed by atoms with Gasteiger partial charge in [-0.2, -0.15) is 0 Å². The number of thiophene rings is 1. The first kappa shape index (κ1) is 30.0. The predicted octanol–water partition coefficient (Wildman–Crippen LogP) is 5.44. The van der Waals surface area contributed by atoms with Crippen LogP contribution in [0.4, 0.5) is 8.78 Å². The average molecular weight is 641 g/mol. The smallest absolute Gasteiger partial charge is 0.349 e. The van der Waals surface area contributed by atoms with E-state index < -0.39 is 80.2 Å². The van der Waals surface area contributed by atoms with Crippen molar-refractivity contribution in [2.75, 3.05) is 6.61 Å². The SMILES string of the molecule is C[C@@H]1C[C@H]2[C@@H]3C[C@H](F)C4=CC(=O)C=C[C@]4(C)[C@@]3(F)[C@@H](O)C[C@]2(C)[C@@]1(OC(=O)c1ccc(Cl)s1)C(=O)S[C@H]1CCOC1=O. The summed E-state index contributed by atoms with van der Waals surface area (Å²) in [6.45, 7) is 5.10. The Bertz CT molecular complexity index is 1440. The molecule has 226 valence electrons.